The summed E-state index contributed by atoms with van der Waals surface area (Å²) in [5.41, 5.74) is 0.576. The van der Waals surface area contributed by atoms with Crippen LogP contribution in [0.2, 0.25) is 0 Å². The molecule has 6 nitrogen and oxygen atoms in total. The van der Waals surface area contributed by atoms with Crippen LogP contribution in [-0.4, -0.2) is 45.4 Å². The van der Waals surface area contributed by atoms with Crippen molar-refractivity contribution >= 4 is 43.7 Å². The Morgan fingerprint density at radius 1 is 1.07 bits per heavy atom. The predicted octanol–water partition coefficient (Wildman–Crippen LogP) is 3.36. The molecule has 0 aliphatic carbocycles. The number of hydrogen-bond acceptors (Lipinski definition) is 5. The molecular formula is C22H23N3O3S2. The van der Waals surface area contributed by atoms with Gasteiger partial charge in [-0.15, -0.1) is 11.3 Å². The van der Waals surface area contributed by atoms with E-state index in [2.05, 4.69) is 21.7 Å². The first-order valence-electron chi connectivity index (χ1n) is 10.1. The van der Waals surface area contributed by atoms with Gasteiger partial charge in [0.05, 0.1) is 16.6 Å². The Morgan fingerprint density at radius 3 is 2.57 bits per heavy atom. The molecule has 8 heteroatoms. The van der Waals surface area contributed by atoms with E-state index in [1.807, 2.05) is 24.3 Å². The number of anilines is 1. The van der Waals surface area contributed by atoms with Crippen LogP contribution in [0, 0.1) is 0 Å². The van der Waals surface area contributed by atoms with Crippen molar-refractivity contribution in [2.24, 2.45) is 0 Å². The number of thiophene rings is 1. The van der Waals surface area contributed by atoms with E-state index in [4.69, 9.17) is 0 Å². The highest BCUT2D eigenvalue weighted by atomic mass is 32.2. The van der Waals surface area contributed by atoms with Gasteiger partial charge in [0.2, 0.25) is 5.91 Å². The van der Waals surface area contributed by atoms with E-state index in [0.29, 0.717) is 17.6 Å². The summed E-state index contributed by atoms with van der Waals surface area (Å²) in [6.45, 7) is 2.31. The molecule has 2 aromatic carbocycles. The third kappa shape index (κ3) is 3.29. The number of carbonyl (C=O) groups excluding carboxylic acids is 1. The van der Waals surface area contributed by atoms with Crippen LogP contribution in [0.1, 0.15) is 23.8 Å². The standard InChI is InChI=1S/C22H23N3O3S2/c26-21(23-14-18(19-9-5-13-29-19)24-11-1-2-12-24)15-25-17-8-3-6-16-7-4-10-20(22(16)17)30(25,27)28/h3-10,13,18H,1-2,11-12,14-15H2,(H,23,26). The zero-order valence-corrected chi connectivity index (χ0v) is 18.1. The van der Waals surface area contributed by atoms with E-state index in [-0.39, 0.29) is 23.4 Å². The first kappa shape index (κ1) is 19.5. The van der Waals surface area contributed by atoms with Gasteiger partial charge >= 0.3 is 0 Å². The number of nitrogens with one attached hydrogen (secondary N) is 1. The number of amides is 1. The monoisotopic (exact) mass is 441 g/mol. The molecule has 1 amide bonds. The Kier molecular flexibility index (Phi) is 5.00. The van der Waals surface area contributed by atoms with E-state index in [9.17, 15) is 13.2 Å². The Bertz CT molecular complexity index is 1180. The number of benzene rings is 2. The molecular weight excluding hydrogens is 418 g/mol. The average molecular weight is 442 g/mol. The lowest BCUT2D eigenvalue weighted by molar-refractivity contribution is -0.119. The second-order valence-electron chi connectivity index (χ2n) is 7.72. The lowest BCUT2D eigenvalue weighted by Gasteiger charge is -2.27. The van der Waals surface area contributed by atoms with Crippen molar-refractivity contribution in [3.05, 3.63) is 58.8 Å². The number of likely N-dealkylation sites (tertiary alicyclic amines) is 1. The van der Waals surface area contributed by atoms with Crippen LogP contribution < -0.4 is 9.62 Å². The normalized spacial score (nSPS) is 18.7. The van der Waals surface area contributed by atoms with Crippen molar-refractivity contribution in [1.29, 1.82) is 0 Å². The van der Waals surface area contributed by atoms with Crippen molar-refractivity contribution in [2.75, 3.05) is 30.5 Å². The molecule has 1 aromatic heterocycles. The molecule has 1 unspecified atom stereocenters. The molecule has 156 valence electrons. The van der Waals surface area contributed by atoms with E-state index in [0.717, 1.165) is 18.5 Å². The van der Waals surface area contributed by atoms with Gasteiger partial charge in [0.1, 0.15) is 6.54 Å². The van der Waals surface area contributed by atoms with Crippen LogP contribution in [-0.2, 0) is 14.8 Å². The Labute approximate surface area is 180 Å². The van der Waals surface area contributed by atoms with Crippen LogP contribution >= 0.6 is 11.3 Å². The lowest BCUT2D eigenvalue weighted by Crippen LogP contribution is -2.42. The fraction of sp³-hybridized carbons (Fsp3) is 0.318. The highest BCUT2D eigenvalue weighted by Gasteiger charge is 2.36. The van der Waals surface area contributed by atoms with Gasteiger partial charge in [0.25, 0.3) is 10.0 Å². The second kappa shape index (κ2) is 7.68. The molecule has 2 aliphatic heterocycles. The average Bonchev–Trinajstić information content (AvgIpc) is 3.49. The van der Waals surface area contributed by atoms with Gasteiger partial charge in [-0.25, -0.2) is 8.42 Å². The minimum atomic E-state index is -3.73. The van der Waals surface area contributed by atoms with Gasteiger partial charge in [0.15, 0.2) is 0 Å². The summed E-state index contributed by atoms with van der Waals surface area (Å²) in [6, 6.07) is 15.0. The zero-order chi connectivity index (χ0) is 20.7. The Balaban J connectivity index is 1.34. The SMILES string of the molecule is O=C(CN1c2cccc3cccc(c23)S1(=O)=O)NCC(c1cccs1)N1CCCC1. The van der Waals surface area contributed by atoms with Crippen LogP contribution in [0.4, 0.5) is 5.69 Å². The molecule has 3 aromatic rings. The van der Waals surface area contributed by atoms with E-state index >= 15 is 0 Å². The maximum absolute atomic E-state index is 13.1. The predicted molar refractivity (Wildman–Crippen MR) is 119 cm³/mol. The molecule has 1 fully saturated rings. The van der Waals surface area contributed by atoms with Crippen LogP contribution in [0.25, 0.3) is 10.8 Å². The molecule has 1 atom stereocenters. The lowest BCUT2D eigenvalue weighted by atomic mass is 10.1. The van der Waals surface area contributed by atoms with Gasteiger partial charge in [-0.3, -0.25) is 14.0 Å². The van der Waals surface area contributed by atoms with Gasteiger partial charge < -0.3 is 5.32 Å². The van der Waals surface area contributed by atoms with Crippen molar-refractivity contribution < 1.29 is 13.2 Å². The molecule has 2 aliphatic rings. The summed E-state index contributed by atoms with van der Waals surface area (Å²) in [6.07, 6.45) is 2.34. The van der Waals surface area contributed by atoms with Gasteiger partial charge in [-0.1, -0.05) is 30.3 Å². The highest BCUT2D eigenvalue weighted by molar-refractivity contribution is 7.93. The molecule has 3 heterocycles. The van der Waals surface area contributed by atoms with Gasteiger partial charge in [0, 0.05) is 16.8 Å². The van der Waals surface area contributed by atoms with Gasteiger partial charge in [-0.05, 0) is 54.9 Å². The van der Waals surface area contributed by atoms with Crippen LogP contribution in [0.15, 0.2) is 58.8 Å². The quantitative estimate of drug-likeness (QED) is 0.637. The molecule has 0 spiro atoms. The second-order valence-corrected chi connectivity index (χ2v) is 10.5. The topological polar surface area (TPSA) is 69.7 Å². The largest absolute Gasteiger partial charge is 0.353 e. The number of hydrogen-bond donors (Lipinski definition) is 1. The van der Waals surface area contributed by atoms with E-state index in [1.54, 1.807) is 29.5 Å². The number of rotatable bonds is 6. The summed E-state index contributed by atoms with van der Waals surface area (Å²) in [4.78, 5) is 16.7. The summed E-state index contributed by atoms with van der Waals surface area (Å²) in [5.74, 6) is -0.288. The number of nitrogens with zero attached hydrogens (tertiary/aromatic N) is 2. The highest BCUT2D eigenvalue weighted by Crippen LogP contribution is 2.41. The van der Waals surface area contributed by atoms with Crippen molar-refractivity contribution in [1.82, 2.24) is 10.2 Å². The first-order chi connectivity index (χ1) is 14.6. The third-order valence-electron chi connectivity index (χ3n) is 5.91. The Morgan fingerprint density at radius 2 is 1.83 bits per heavy atom. The molecule has 1 saturated heterocycles. The summed E-state index contributed by atoms with van der Waals surface area (Å²) < 4.78 is 27.4. The smallest absolute Gasteiger partial charge is 0.265 e. The molecule has 0 bridgehead atoms. The van der Waals surface area contributed by atoms with E-state index in [1.165, 1.54) is 22.0 Å². The van der Waals surface area contributed by atoms with Crippen LogP contribution in [0.5, 0.6) is 0 Å². The fourth-order valence-corrected chi connectivity index (χ4v) is 7.00. The number of carbonyl (C=O) groups is 1. The van der Waals surface area contributed by atoms with Crippen LogP contribution in [0.3, 0.4) is 0 Å². The molecule has 5 rings (SSSR count). The molecule has 0 saturated carbocycles. The maximum Gasteiger partial charge on any atom is 0.265 e. The minimum Gasteiger partial charge on any atom is -0.353 e. The van der Waals surface area contributed by atoms with E-state index < -0.39 is 10.0 Å². The van der Waals surface area contributed by atoms with Crippen molar-refractivity contribution in [2.45, 2.75) is 23.8 Å². The summed E-state index contributed by atoms with van der Waals surface area (Å²) >= 11 is 1.69. The van der Waals surface area contributed by atoms with Crippen molar-refractivity contribution in [3.63, 3.8) is 0 Å². The summed E-state index contributed by atoms with van der Waals surface area (Å²) in [7, 11) is -3.73. The minimum absolute atomic E-state index is 0.132. The molecule has 0 radical (unpaired) electrons. The Hall–Kier alpha value is -2.42. The fourth-order valence-electron chi connectivity index (χ4n) is 4.47. The van der Waals surface area contributed by atoms with Crippen molar-refractivity contribution in [3.8, 4) is 0 Å². The molecule has 1 N–H and O–H groups in total. The molecule has 30 heavy (non-hydrogen) atoms. The summed E-state index contributed by atoms with van der Waals surface area (Å²) in [5, 5.41) is 6.60. The van der Waals surface area contributed by atoms with Gasteiger partial charge in [-0.2, -0.15) is 0 Å². The number of sulfonamides is 1. The first-order valence-corrected chi connectivity index (χ1v) is 12.5. The maximum atomic E-state index is 13.1. The third-order valence-corrected chi connectivity index (χ3v) is 8.69. The zero-order valence-electron chi connectivity index (χ0n) is 16.5.